The van der Waals surface area contributed by atoms with E-state index >= 15 is 0 Å². The molecule has 1 aromatic carbocycles. The standard InChI is InChI=1S/C21H27N5O/c1-22-20-17-14-26(21(27)15-7-4-3-5-8-15)12-10-18(17)23-19(24-20)16-9-6-11-25(2)13-16/h3-5,7-8,16H,6,9-14H2,1-2H3,(H,22,23,24)/t16-/m0/s1. The lowest BCUT2D eigenvalue weighted by atomic mass is 9.96. The summed E-state index contributed by atoms with van der Waals surface area (Å²) < 4.78 is 0. The van der Waals surface area contributed by atoms with Gasteiger partial charge < -0.3 is 15.1 Å². The van der Waals surface area contributed by atoms with Gasteiger partial charge >= 0.3 is 0 Å². The fourth-order valence-corrected chi connectivity index (χ4v) is 4.14. The smallest absolute Gasteiger partial charge is 0.254 e. The summed E-state index contributed by atoms with van der Waals surface area (Å²) in [6.07, 6.45) is 3.11. The number of likely N-dealkylation sites (N-methyl/N-ethyl adjacent to an activating group) is 1. The molecule has 6 nitrogen and oxygen atoms in total. The summed E-state index contributed by atoms with van der Waals surface area (Å²) >= 11 is 0. The second kappa shape index (κ2) is 7.64. The number of likely N-dealkylation sites (tertiary alicyclic amines) is 1. The Morgan fingerprint density at radius 2 is 2.00 bits per heavy atom. The minimum Gasteiger partial charge on any atom is -0.373 e. The lowest BCUT2D eigenvalue weighted by Crippen LogP contribution is -2.37. The lowest BCUT2D eigenvalue weighted by Gasteiger charge is -2.32. The van der Waals surface area contributed by atoms with E-state index in [0.29, 0.717) is 19.0 Å². The summed E-state index contributed by atoms with van der Waals surface area (Å²) in [5.41, 5.74) is 2.88. The van der Waals surface area contributed by atoms with Crippen LogP contribution in [-0.4, -0.2) is 59.4 Å². The zero-order chi connectivity index (χ0) is 18.8. The molecule has 142 valence electrons. The minimum absolute atomic E-state index is 0.0706. The average Bonchev–Trinajstić information content (AvgIpc) is 2.72. The summed E-state index contributed by atoms with van der Waals surface area (Å²) in [6.45, 7) is 3.42. The quantitative estimate of drug-likeness (QED) is 0.906. The molecular weight excluding hydrogens is 338 g/mol. The van der Waals surface area contributed by atoms with E-state index in [1.807, 2.05) is 42.3 Å². The molecule has 2 aromatic rings. The van der Waals surface area contributed by atoms with E-state index in [4.69, 9.17) is 9.97 Å². The fraction of sp³-hybridized carbons (Fsp3) is 0.476. The third kappa shape index (κ3) is 3.67. The van der Waals surface area contributed by atoms with Crippen molar-refractivity contribution in [3.63, 3.8) is 0 Å². The van der Waals surface area contributed by atoms with Crippen molar-refractivity contribution >= 4 is 11.7 Å². The summed E-state index contributed by atoms with van der Waals surface area (Å²) in [5.74, 6) is 2.28. The van der Waals surface area contributed by atoms with Crippen molar-refractivity contribution in [3.8, 4) is 0 Å². The van der Waals surface area contributed by atoms with E-state index in [1.165, 1.54) is 6.42 Å². The number of aromatic nitrogens is 2. The molecule has 0 saturated carbocycles. The monoisotopic (exact) mass is 365 g/mol. The van der Waals surface area contributed by atoms with Crippen molar-refractivity contribution < 1.29 is 4.79 Å². The van der Waals surface area contributed by atoms with Crippen LogP contribution < -0.4 is 5.32 Å². The van der Waals surface area contributed by atoms with Gasteiger partial charge in [0.05, 0.1) is 12.2 Å². The number of nitrogens with zero attached hydrogens (tertiary/aromatic N) is 4. The number of piperidine rings is 1. The highest BCUT2D eigenvalue weighted by atomic mass is 16.2. The third-order valence-corrected chi connectivity index (χ3v) is 5.61. The number of carbonyl (C=O) groups excluding carboxylic acids is 1. The molecule has 2 aliphatic heterocycles. The van der Waals surface area contributed by atoms with Gasteiger partial charge in [-0.15, -0.1) is 0 Å². The van der Waals surface area contributed by atoms with E-state index in [-0.39, 0.29) is 5.91 Å². The molecule has 1 amide bonds. The SMILES string of the molecule is CNc1nc([C@H]2CCCN(C)C2)nc2c1CN(C(=O)c1ccccc1)CC2. The summed E-state index contributed by atoms with van der Waals surface area (Å²) in [6, 6.07) is 9.48. The summed E-state index contributed by atoms with van der Waals surface area (Å²) in [5, 5.41) is 3.24. The van der Waals surface area contributed by atoms with Gasteiger partial charge in [-0.05, 0) is 38.6 Å². The van der Waals surface area contributed by atoms with Crippen LogP contribution in [0.4, 0.5) is 5.82 Å². The Morgan fingerprint density at radius 1 is 1.19 bits per heavy atom. The first kappa shape index (κ1) is 17.9. The van der Waals surface area contributed by atoms with Crippen LogP contribution in [0.3, 0.4) is 0 Å². The molecule has 4 rings (SSSR count). The largest absolute Gasteiger partial charge is 0.373 e. The van der Waals surface area contributed by atoms with Crippen LogP contribution in [0.15, 0.2) is 30.3 Å². The first-order valence-electron chi connectivity index (χ1n) is 9.76. The van der Waals surface area contributed by atoms with Gasteiger partial charge in [-0.3, -0.25) is 4.79 Å². The van der Waals surface area contributed by atoms with E-state index < -0.39 is 0 Å². The molecule has 2 aliphatic rings. The molecule has 1 fully saturated rings. The molecule has 1 saturated heterocycles. The number of rotatable bonds is 3. The molecule has 1 aromatic heterocycles. The van der Waals surface area contributed by atoms with Crippen molar-refractivity contribution in [3.05, 3.63) is 53.0 Å². The van der Waals surface area contributed by atoms with Crippen molar-refractivity contribution in [1.29, 1.82) is 0 Å². The van der Waals surface area contributed by atoms with E-state index in [0.717, 1.165) is 54.4 Å². The van der Waals surface area contributed by atoms with Gasteiger partial charge in [-0.2, -0.15) is 0 Å². The van der Waals surface area contributed by atoms with Crippen molar-refractivity contribution in [2.45, 2.75) is 31.7 Å². The number of fused-ring (bicyclic) bond motifs is 1. The van der Waals surface area contributed by atoms with Crippen LogP contribution in [0.5, 0.6) is 0 Å². The molecule has 6 heteroatoms. The highest BCUT2D eigenvalue weighted by Crippen LogP contribution is 2.29. The lowest BCUT2D eigenvalue weighted by molar-refractivity contribution is 0.0733. The number of nitrogens with one attached hydrogen (secondary N) is 1. The zero-order valence-electron chi connectivity index (χ0n) is 16.1. The van der Waals surface area contributed by atoms with E-state index in [2.05, 4.69) is 17.3 Å². The van der Waals surface area contributed by atoms with Crippen LogP contribution in [0.2, 0.25) is 0 Å². The predicted octanol–water partition coefficient (Wildman–Crippen LogP) is 2.53. The molecule has 1 atom stereocenters. The first-order chi connectivity index (χ1) is 13.2. The molecule has 0 radical (unpaired) electrons. The van der Waals surface area contributed by atoms with E-state index in [1.54, 1.807) is 0 Å². The van der Waals surface area contributed by atoms with Crippen LogP contribution in [-0.2, 0) is 13.0 Å². The topological polar surface area (TPSA) is 61.4 Å². The van der Waals surface area contributed by atoms with E-state index in [9.17, 15) is 4.79 Å². The number of hydrogen-bond acceptors (Lipinski definition) is 5. The second-order valence-corrected chi connectivity index (χ2v) is 7.55. The maximum atomic E-state index is 12.8. The third-order valence-electron chi connectivity index (χ3n) is 5.61. The Hall–Kier alpha value is -2.47. The maximum Gasteiger partial charge on any atom is 0.254 e. The highest BCUT2D eigenvalue weighted by molar-refractivity contribution is 5.94. The molecule has 0 aliphatic carbocycles. The molecule has 3 heterocycles. The van der Waals surface area contributed by atoms with Gasteiger partial charge in [0.1, 0.15) is 11.6 Å². The molecular formula is C21H27N5O. The molecule has 1 N–H and O–H groups in total. The fourth-order valence-electron chi connectivity index (χ4n) is 4.14. The maximum absolute atomic E-state index is 12.8. The number of amides is 1. The van der Waals surface area contributed by atoms with Crippen molar-refractivity contribution in [1.82, 2.24) is 19.8 Å². The Labute approximate surface area is 160 Å². The van der Waals surface area contributed by atoms with Crippen LogP contribution in [0.25, 0.3) is 0 Å². The Kier molecular flexibility index (Phi) is 5.07. The van der Waals surface area contributed by atoms with Gasteiger partial charge in [0.25, 0.3) is 5.91 Å². The Bertz CT molecular complexity index is 806. The Balaban J connectivity index is 1.59. The summed E-state index contributed by atoms with van der Waals surface area (Å²) in [7, 11) is 4.06. The first-order valence-corrected chi connectivity index (χ1v) is 9.76. The van der Waals surface area contributed by atoms with Gasteiger partial charge in [-0.1, -0.05) is 18.2 Å². The van der Waals surface area contributed by atoms with Crippen molar-refractivity contribution in [2.24, 2.45) is 0 Å². The van der Waals surface area contributed by atoms with Gasteiger partial charge in [0, 0.05) is 43.6 Å². The highest BCUT2D eigenvalue weighted by Gasteiger charge is 2.28. The van der Waals surface area contributed by atoms with Gasteiger partial charge in [-0.25, -0.2) is 9.97 Å². The number of hydrogen-bond donors (Lipinski definition) is 1. The normalized spacial score (nSPS) is 20.2. The number of anilines is 1. The average molecular weight is 365 g/mol. The minimum atomic E-state index is 0.0706. The van der Waals surface area contributed by atoms with Crippen LogP contribution >= 0.6 is 0 Å². The van der Waals surface area contributed by atoms with Crippen molar-refractivity contribution in [2.75, 3.05) is 39.0 Å². The predicted molar refractivity (Wildman–Crippen MR) is 106 cm³/mol. The molecule has 0 unspecified atom stereocenters. The van der Waals surface area contributed by atoms with Crippen LogP contribution in [0, 0.1) is 0 Å². The second-order valence-electron chi connectivity index (χ2n) is 7.55. The van der Waals surface area contributed by atoms with Gasteiger partial charge in [0.15, 0.2) is 0 Å². The number of benzene rings is 1. The van der Waals surface area contributed by atoms with Gasteiger partial charge in [0.2, 0.25) is 0 Å². The van der Waals surface area contributed by atoms with Crippen LogP contribution in [0.1, 0.15) is 46.2 Å². The molecule has 27 heavy (non-hydrogen) atoms. The number of carbonyl (C=O) groups is 1. The molecule has 0 spiro atoms. The Morgan fingerprint density at radius 3 is 2.74 bits per heavy atom. The summed E-state index contributed by atoms with van der Waals surface area (Å²) in [4.78, 5) is 26.8. The molecule has 0 bridgehead atoms. The zero-order valence-corrected chi connectivity index (χ0v) is 16.1.